The van der Waals surface area contributed by atoms with E-state index in [1.807, 2.05) is 13.8 Å². The van der Waals surface area contributed by atoms with Crippen molar-refractivity contribution in [2.45, 2.75) is 65.5 Å². The van der Waals surface area contributed by atoms with Gasteiger partial charge in [-0.1, -0.05) is 13.8 Å². The fraction of sp³-hybridized carbons (Fsp3) is 0.647. The number of aliphatic carboxylic acids is 1. The number of ketones is 1. The molecular weight excluding hydrogens is 344 g/mol. The second-order valence-electron chi connectivity index (χ2n) is 7.16. The molecule has 25 heavy (non-hydrogen) atoms. The van der Waals surface area contributed by atoms with Crippen LogP contribution in [0.15, 0.2) is 5.38 Å². The van der Waals surface area contributed by atoms with Crippen LogP contribution in [0, 0.1) is 5.92 Å². The normalized spacial score (nSPS) is 12.7. The van der Waals surface area contributed by atoms with E-state index in [1.165, 1.54) is 11.3 Å². The van der Waals surface area contributed by atoms with Crippen LogP contribution in [-0.4, -0.2) is 39.6 Å². The molecule has 1 heterocycles. The van der Waals surface area contributed by atoms with Gasteiger partial charge in [0.2, 0.25) is 0 Å². The Kier molecular flexibility index (Phi) is 7.54. The summed E-state index contributed by atoms with van der Waals surface area (Å²) in [6.07, 6.45) is -0.169. The molecule has 0 spiro atoms. The second kappa shape index (κ2) is 8.94. The molecule has 0 fully saturated rings. The van der Waals surface area contributed by atoms with Crippen molar-refractivity contribution < 1.29 is 24.2 Å². The zero-order valence-electron chi connectivity index (χ0n) is 15.3. The van der Waals surface area contributed by atoms with Crippen LogP contribution in [0.25, 0.3) is 0 Å². The van der Waals surface area contributed by atoms with E-state index in [9.17, 15) is 14.4 Å². The summed E-state index contributed by atoms with van der Waals surface area (Å²) in [6.45, 7) is 9.15. The number of Topliss-reactive ketones (excluding diaryl/α,β-unsaturated/α-hetero) is 1. The number of carbonyl (C=O) groups is 3. The van der Waals surface area contributed by atoms with Crippen LogP contribution in [0.4, 0.5) is 4.79 Å². The van der Waals surface area contributed by atoms with Gasteiger partial charge < -0.3 is 15.2 Å². The predicted molar refractivity (Wildman–Crippen MR) is 95.0 cm³/mol. The molecule has 0 radical (unpaired) electrons. The van der Waals surface area contributed by atoms with E-state index < -0.39 is 17.7 Å². The first-order valence-electron chi connectivity index (χ1n) is 8.17. The third kappa shape index (κ3) is 8.11. The quantitative estimate of drug-likeness (QED) is 0.680. The summed E-state index contributed by atoms with van der Waals surface area (Å²) >= 11 is 1.19. The number of carboxylic acid groups (broad SMARTS) is 1. The van der Waals surface area contributed by atoms with Gasteiger partial charge in [-0.25, -0.2) is 9.78 Å². The number of aryl methyl sites for hydroxylation is 1. The second-order valence-corrected chi connectivity index (χ2v) is 8.02. The summed E-state index contributed by atoms with van der Waals surface area (Å²) in [6, 6.07) is -0.367. The first-order chi connectivity index (χ1) is 11.5. The first kappa shape index (κ1) is 21.1. The van der Waals surface area contributed by atoms with Crippen molar-refractivity contribution in [2.24, 2.45) is 5.92 Å². The third-order valence-corrected chi connectivity index (χ3v) is 4.23. The van der Waals surface area contributed by atoms with E-state index in [2.05, 4.69) is 10.3 Å². The summed E-state index contributed by atoms with van der Waals surface area (Å²) < 4.78 is 5.23. The lowest BCUT2D eigenvalue weighted by Crippen LogP contribution is -2.42. The van der Waals surface area contributed by atoms with Crippen molar-refractivity contribution in [2.75, 3.05) is 0 Å². The summed E-state index contributed by atoms with van der Waals surface area (Å²) in [5, 5.41) is 13.5. The molecule has 0 aromatic carbocycles. The summed E-state index contributed by atoms with van der Waals surface area (Å²) in [4.78, 5) is 39.1. The Morgan fingerprint density at radius 1 is 1.32 bits per heavy atom. The van der Waals surface area contributed by atoms with Gasteiger partial charge in [0.25, 0.3) is 0 Å². The van der Waals surface area contributed by atoms with Crippen molar-refractivity contribution >= 4 is 29.2 Å². The molecule has 0 saturated heterocycles. The van der Waals surface area contributed by atoms with Crippen LogP contribution in [0.3, 0.4) is 0 Å². The Balaban J connectivity index is 2.67. The number of ether oxygens (including phenoxy) is 1. The Morgan fingerprint density at radius 2 is 1.96 bits per heavy atom. The van der Waals surface area contributed by atoms with E-state index in [0.717, 1.165) is 0 Å². The van der Waals surface area contributed by atoms with Crippen LogP contribution in [0.1, 0.15) is 63.0 Å². The maximum atomic E-state index is 12.4. The molecule has 1 atom stereocenters. The number of rotatable bonds is 8. The molecule has 0 saturated carbocycles. The molecule has 140 valence electrons. The first-order valence-corrected chi connectivity index (χ1v) is 9.05. The van der Waals surface area contributed by atoms with E-state index in [0.29, 0.717) is 17.1 Å². The summed E-state index contributed by atoms with van der Waals surface area (Å²) in [5.74, 6) is -1.04. The highest BCUT2D eigenvalue weighted by Gasteiger charge is 2.25. The molecule has 0 bridgehead atoms. The number of hydrogen-bond donors (Lipinski definition) is 2. The van der Waals surface area contributed by atoms with Crippen molar-refractivity contribution in [1.29, 1.82) is 0 Å². The van der Waals surface area contributed by atoms with Gasteiger partial charge in [-0.3, -0.25) is 9.59 Å². The zero-order valence-corrected chi connectivity index (χ0v) is 16.1. The van der Waals surface area contributed by atoms with Gasteiger partial charge in [-0.2, -0.15) is 0 Å². The number of nitrogens with zero attached hydrogens (tertiary/aromatic N) is 1. The number of hydrogen-bond acceptors (Lipinski definition) is 6. The lowest BCUT2D eigenvalue weighted by molar-refractivity contribution is -0.136. The molecule has 0 aliphatic heterocycles. The highest BCUT2D eigenvalue weighted by molar-refractivity contribution is 7.11. The van der Waals surface area contributed by atoms with E-state index in [4.69, 9.17) is 9.84 Å². The van der Waals surface area contributed by atoms with Crippen LogP contribution < -0.4 is 5.32 Å². The van der Waals surface area contributed by atoms with Gasteiger partial charge in [0.15, 0.2) is 10.8 Å². The minimum absolute atomic E-state index is 0.0216. The van der Waals surface area contributed by atoms with E-state index >= 15 is 0 Å². The van der Waals surface area contributed by atoms with Gasteiger partial charge >= 0.3 is 12.1 Å². The third-order valence-electron chi connectivity index (χ3n) is 3.30. The molecule has 1 rings (SSSR count). The topological polar surface area (TPSA) is 106 Å². The maximum absolute atomic E-state index is 12.4. The van der Waals surface area contributed by atoms with Crippen LogP contribution >= 0.6 is 11.3 Å². The summed E-state index contributed by atoms with van der Waals surface area (Å²) in [5.41, 5.74) is -0.0128. The molecular formula is C17H26N2O5S. The lowest BCUT2D eigenvalue weighted by atomic mass is 9.99. The zero-order chi connectivity index (χ0) is 19.2. The smallest absolute Gasteiger partial charge is 0.407 e. The van der Waals surface area contributed by atoms with Gasteiger partial charge in [-0.15, -0.1) is 11.3 Å². The maximum Gasteiger partial charge on any atom is 0.407 e. The largest absolute Gasteiger partial charge is 0.481 e. The van der Waals surface area contributed by atoms with Crippen molar-refractivity contribution in [3.05, 3.63) is 16.1 Å². The predicted octanol–water partition coefficient (Wildman–Crippen LogP) is 3.28. The number of alkyl carbamates (subject to hydrolysis) is 1. The minimum atomic E-state index is -0.901. The van der Waals surface area contributed by atoms with Crippen LogP contribution in [0.5, 0.6) is 0 Å². The molecule has 1 amide bonds. The van der Waals surface area contributed by atoms with Gasteiger partial charge in [0.1, 0.15) is 5.60 Å². The monoisotopic (exact) mass is 370 g/mol. The highest BCUT2D eigenvalue weighted by atomic mass is 32.1. The average molecular weight is 370 g/mol. The number of aromatic nitrogens is 1. The number of nitrogens with one attached hydrogen (secondary N) is 1. The van der Waals surface area contributed by atoms with E-state index in [1.54, 1.807) is 26.2 Å². The molecule has 0 aliphatic carbocycles. The number of carbonyl (C=O) groups excluding carboxylic acids is 2. The Bertz CT molecular complexity index is 619. The highest BCUT2D eigenvalue weighted by Crippen LogP contribution is 2.17. The van der Waals surface area contributed by atoms with Crippen LogP contribution in [-0.2, 0) is 16.0 Å². The van der Waals surface area contributed by atoms with Crippen molar-refractivity contribution in [3.63, 3.8) is 0 Å². The van der Waals surface area contributed by atoms with Gasteiger partial charge in [0, 0.05) is 24.3 Å². The molecule has 2 N–H and O–H groups in total. The molecule has 0 aliphatic rings. The number of thiazole rings is 1. The SMILES string of the molecule is CC(C)[C@@H](CC(=O)c1nc(CCC(=O)O)cs1)NC(=O)OC(C)(C)C. The minimum Gasteiger partial charge on any atom is -0.481 e. The lowest BCUT2D eigenvalue weighted by Gasteiger charge is -2.25. The molecule has 7 nitrogen and oxygen atoms in total. The van der Waals surface area contributed by atoms with Crippen molar-refractivity contribution in [3.8, 4) is 0 Å². The molecule has 1 aromatic heterocycles. The number of carboxylic acids is 1. The number of amides is 1. The average Bonchev–Trinajstić information content (AvgIpc) is 2.91. The Hall–Kier alpha value is -1.96. The molecule has 0 unspecified atom stereocenters. The van der Waals surface area contributed by atoms with Crippen LogP contribution in [0.2, 0.25) is 0 Å². The summed E-state index contributed by atoms with van der Waals surface area (Å²) in [7, 11) is 0. The Morgan fingerprint density at radius 3 is 2.48 bits per heavy atom. The Labute approximate surface area is 151 Å². The van der Waals surface area contributed by atoms with Gasteiger partial charge in [0.05, 0.1) is 12.1 Å². The fourth-order valence-corrected chi connectivity index (χ4v) is 2.79. The van der Waals surface area contributed by atoms with Crippen molar-refractivity contribution in [1.82, 2.24) is 10.3 Å². The molecule has 1 aromatic rings. The van der Waals surface area contributed by atoms with E-state index in [-0.39, 0.29) is 30.6 Å². The standard InChI is InChI=1S/C17H26N2O5S/c1-10(2)12(19-16(23)24-17(3,4)5)8-13(20)15-18-11(9-25-15)6-7-14(21)22/h9-10,12H,6-8H2,1-5H3,(H,19,23)(H,21,22)/t12-/m1/s1. The molecule has 8 heteroatoms. The fourth-order valence-electron chi connectivity index (χ4n) is 1.98. The van der Waals surface area contributed by atoms with Gasteiger partial charge in [-0.05, 0) is 26.7 Å².